The summed E-state index contributed by atoms with van der Waals surface area (Å²) < 4.78 is 11.2. The molecule has 2 atom stereocenters. The van der Waals surface area contributed by atoms with E-state index in [2.05, 4.69) is 15.5 Å². The molecule has 0 bridgehead atoms. The number of fused-ring (bicyclic) bond motifs is 1. The van der Waals surface area contributed by atoms with Crippen molar-refractivity contribution in [2.24, 2.45) is 0 Å². The summed E-state index contributed by atoms with van der Waals surface area (Å²) in [5, 5.41) is 22.8. The molecule has 2 aliphatic heterocycles. The Morgan fingerprint density at radius 3 is 2.97 bits per heavy atom. The van der Waals surface area contributed by atoms with Crippen LogP contribution in [0.2, 0.25) is 0 Å². The van der Waals surface area contributed by atoms with E-state index in [-0.39, 0.29) is 24.0 Å². The predicted octanol–water partition coefficient (Wildman–Crippen LogP) is 2.44. The number of nitrogens with zero attached hydrogens (tertiary/aromatic N) is 4. The number of carbonyl (C=O) groups excluding carboxylic acids is 2. The maximum Gasteiger partial charge on any atom is 0.271 e. The van der Waals surface area contributed by atoms with E-state index in [1.54, 1.807) is 6.92 Å². The van der Waals surface area contributed by atoms with Crippen molar-refractivity contribution in [2.45, 2.75) is 38.4 Å². The van der Waals surface area contributed by atoms with Gasteiger partial charge in [0.25, 0.3) is 11.6 Å². The van der Waals surface area contributed by atoms with Gasteiger partial charge < -0.3 is 9.47 Å². The minimum absolute atomic E-state index is 0.105. The number of ether oxygens (including phenoxy) is 2. The van der Waals surface area contributed by atoms with E-state index < -0.39 is 22.8 Å². The molecule has 2 amide bonds. The van der Waals surface area contributed by atoms with Gasteiger partial charge in [-0.3, -0.25) is 29.9 Å². The Morgan fingerprint density at radius 1 is 1.43 bits per heavy atom. The molecule has 1 saturated heterocycles. The number of nitro benzene ring substituents is 1. The zero-order valence-electron chi connectivity index (χ0n) is 16.1. The Kier molecular flexibility index (Phi) is 5.59. The fourth-order valence-electron chi connectivity index (χ4n) is 3.34. The molecule has 2 unspecified atom stereocenters. The number of carbonyl (C=O) groups is 2. The van der Waals surface area contributed by atoms with Crippen molar-refractivity contribution in [1.82, 2.24) is 10.2 Å². The van der Waals surface area contributed by atoms with E-state index in [4.69, 9.17) is 9.47 Å². The van der Waals surface area contributed by atoms with Gasteiger partial charge in [-0.25, -0.2) is 0 Å². The third-order valence-corrected chi connectivity index (χ3v) is 5.75. The molecule has 11 nitrogen and oxygen atoms in total. The highest BCUT2D eigenvalue weighted by Gasteiger charge is 2.35. The zero-order valence-corrected chi connectivity index (χ0v) is 16.9. The number of non-ortho nitro benzene ring substituents is 1. The van der Waals surface area contributed by atoms with Gasteiger partial charge in [0.15, 0.2) is 6.10 Å². The van der Waals surface area contributed by atoms with Gasteiger partial charge in [0.05, 0.1) is 10.6 Å². The molecule has 2 aromatic rings. The van der Waals surface area contributed by atoms with Gasteiger partial charge in [0.2, 0.25) is 11.0 Å². The Bertz CT molecular complexity index is 989. The Morgan fingerprint density at radius 2 is 2.27 bits per heavy atom. The van der Waals surface area contributed by atoms with Crippen LogP contribution in [0.15, 0.2) is 18.2 Å². The lowest BCUT2D eigenvalue weighted by atomic mass is 10.1. The number of nitro groups is 1. The van der Waals surface area contributed by atoms with Crippen LogP contribution in [-0.2, 0) is 14.3 Å². The van der Waals surface area contributed by atoms with Crippen molar-refractivity contribution in [3.8, 4) is 5.75 Å². The van der Waals surface area contributed by atoms with Crippen LogP contribution in [0.4, 0.5) is 16.5 Å². The number of rotatable bonds is 6. The van der Waals surface area contributed by atoms with Gasteiger partial charge in [-0.1, -0.05) is 18.3 Å². The summed E-state index contributed by atoms with van der Waals surface area (Å²) in [5.41, 5.74) is -0.0119. The van der Waals surface area contributed by atoms with E-state index in [0.717, 1.165) is 12.8 Å². The summed E-state index contributed by atoms with van der Waals surface area (Å²) in [4.78, 5) is 37.2. The molecule has 2 aliphatic rings. The lowest BCUT2D eigenvalue weighted by molar-refractivity contribution is -0.384. The van der Waals surface area contributed by atoms with Crippen LogP contribution in [0.25, 0.3) is 0 Å². The quantitative estimate of drug-likeness (QED) is 0.542. The van der Waals surface area contributed by atoms with E-state index in [1.807, 2.05) is 0 Å². The first-order valence-corrected chi connectivity index (χ1v) is 10.3. The summed E-state index contributed by atoms with van der Waals surface area (Å²) in [7, 11) is 0. The molecule has 0 radical (unpaired) electrons. The fourth-order valence-corrected chi connectivity index (χ4v) is 4.18. The van der Waals surface area contributed by atoms with Crippen LogP contribution in [0.5, 0.6) is 5.75 Å². The summed E-state index contributed by atoms with van der Waals surface area (Å²) in [5.74, 6) is -0.609. The van der Waals surface area contributed by atoms with Crippen LogP contribution in [0.3, 0.4) is 0 Å². The molecule has 1 N–H and O–H groups in total. The number of nitrogens with one attached hydrogen (secondary N) is 1. The topological polar surface area (TPSA) is 137 Å². The van der Waals surface area contributed by atoms with Crippen molar-refractivity contribution in [2.75, 3.05) is 23.4 Å². The average Bonchev–Trinajstić information content (AvgIpc) is 3.41. The molecule has 1 aromatic heterocycles. The molecular weight excluding hydrogens is 414 g/mol. The molecular formula is C18H19N5O6S. The van der Waals surface area contributed by atoms with Crippen molar-refractivity contribution >= 4 is 39.7 Å². The largest absolute Gasteiger partial charge is 0.478 e. The van der Waals surface area contributed by atoms with Gasteiger partial charge in [0.1, 0.15) is 23.4 Å². The Labute approximate surface area is 175 Å². The minimum atomic E-state index is -0.764. The second-order valence-corrected chi connectivity index (χ2v) is 7.85. The molecule has 30 heavy (non-hydrogen) atoms. The van der Waals surface area contributed by atoms with E-state index in [1.165, 1.54) is 34.4 Å². The van der Waals surface area contributed by atoms with Crippen molar-refractivity contribution < 1.29 is 24.0 Å². The molecule has 1 fully saturated rings. The van der Waals surface area contributed by atoms with E-state index >= 15 is 0 Å². The molecule has 0 spiro atoms. The lowest BCUT2D eigenvalue weighted by Crippen LogP contribution is -2.48. The van der Waals surface area contributed by atoms with Crippen LogP contribution in [-0.4, -0.2) is 46.2 Å². The third kappa shape index (κ3) is 3.96. The van der Waals surface area contributed by atoms with Gasteiger partial charge in [-0.2, -0.15) is 0 Å². The molecule has 158 valence electrons. The van der Waals surface area contributed by atoms with Gasteiger partial charge in [0, 0.05) is 18.7 Å². The Balaban J connectivity index is 1.52. The molecule has 3 heterocycles. The predicted molar refractivity (Wildman–Crippen MR) is 107 cm³/mol. The fraction of sp³-hybridized carbons (Fsp3) is 0.444. The first kappa shape index (κ1) is 20.2. The monoisotopic (exact) mass is 433 g/mol. The maximum absolute atomic E-state index is 12.8. The molecule has 12 heteroatoms. The smallest absolute Gasteiger partial charge is 0.271 e. The first-order chi connectivity index (χ1) is 14.5. The normalized spacial score (nSPS) is 20.6. The van der Waals surface area contributed by atoms with Crippen LogP contribution in [0.1, 0.15) is 37.3 Å². The summed E-state index contributed by atoms with van der Waals surface area (Å²) in [6.07, 6.45) is 1.34. The number of benzene rings is 1. The van der Waals surface area contributed by atoms with Crippen LogP contribution in [0, 0.1) is 10.1 Å². The molecule has 0 saturated carbocycles. The first-order valence-electron chi connectivity index (χ1n) is 9.47. The lowest BCUT2D eigenvalue weighted by Gasteiger charge is -2.33. The molecule has 0 aliphatic carbocycles. The van der Waals surface area contributed by atoms with Gasteiger partial charge >= 0.3 is 0 Å². The highest BCUT2D eigenvalue weighted by atomic mass is 32.1. The molecule has 4 rings (SSSR count). The standard InChI is InChI=1S/C18H19N5O6S/c1-2-12-17(25)22(11-8-10(23(26)27)5-6-13(11)29-12)9-15(24)19-18-21-20-16(30-18)14-4-3-7-28-14/h5-6,8,12,14H,2-4,7,9H2,1H3,(H,19,21,24). The second-order valence-electron chi connectivity index (χ2n) is 6.84. The van der Waals surface area contributed by atoms with Crippen molar-refractivity contribution in [1.29, 1.82) is 0 Å². The summed E-state index contributed by atoms with van der Waals surface area (Å²) in [6.45, 7) is 2.13. The third-order valence-electron chi connectivity index (χ3n) is 4.82. The van der Waals surface area contributed by atoms with Gasteiger partial charge in [-0.05, 0) is 25.3 Å². The SMILES string of the molecule is CCC1Oc2ccc([N+](=O)[O-])cc2N(CC(=O)Nc2nnc(C3CCCO3)s2)C1=O. The molecule has 1 aromatic carbocycles. The van der Waals surface area contributed by atoms with Crippen molar-refractivity contribution in [3.63, 3.8) is 0 Å². The highest BCUT2D eigenvalue weighted by Crippen LogP contribution is 2.37. The maximum atomic E-state index is 12.8. The summed E-state index contributed by atoms with van der Waals surface area (Å²) in [6, 6.07) is 3.96. The van der Waals surface area contributed by atoms with Crippen LogP contribution < -0.4 is 15.0 Å². The van der Waals surface area contributed by atoms with Crippen LogP contribution >= 0.6 is 11.3 Å². The van der Waals surface area contributed by atoms with Crippen molar-refractivity contribution in [3.05, 3.63) is 33.3 Å². The number of hydrogen-bond donors (Lipinski definition) is 1. The average molecular weight is 433 g/mol. The Hall–Kier alpha value is -3.12. The number of aromatic nitrogens is 2. The number of hydrogen-bond acceptors (Lipinski definition) is 9. The number of amides is 2. The number of anilines is 2. The zero-order chi connectivity index (χ0) is 21.3. The van der Waals surface area contributed by atoms with E-state index in [9.17, 15) is 19.7 Å². The minimum Gasteiger partial charge on any atom is -0.478 e. The van der Waals surface area contributed by atoms with E-state index in [0.29, 0.717) is 28.9 Å². The second kappa shape index (κ2) is 8.32. The highest BCUT2D eigenvalue weighted by molar-refractivity contribution is 7.15. The van der Waals surface area contributed by atoms with Gasteiger partial charge in [-0.15, -0.1) is 10.2 Å². The summed E-state index contributed by atoms with van der Waals surface area (Å²) >= 11 is 1.22.